The lowest BCUT2D eigenvalue weighted by atomic mass is 10.0. The largest absolute Gasteiger partial charge is 0.388 e. The van der Waals surface area contributed by atoms with Crippen LogP contribution in [-0.2, 0) is 0 Å². The SMILES string of the molecule is C=CCC(O)c1ccccc1[N+](=O)[O-]. The number of aliphatic hydroxyl groups excluding tert-OH is 1. The molecule has 14 heavy (non-hydrogen) atoms. The van der Waals surface area contributed by atoms with Gasteiger partial charge in [0.15, 0.2) is 0 Å². The van der Waals surface area contributed by atoms with Crippen molar-refractivity contribution in [1.29, 1.82) is 0 Å². The molecule has 1 rings (SSSR count). The molecule has 0 amide bonds. The molecule has 0 aliphatic carbocycles. The van der Waals surface area contributed by atoms with Crippen LogP contribution in [0.25, 0.3) is 0 Å². The number of hydrogen-bond donors (Lipinski definition) is 1. The molecular weight excluding hydrogens is 182 g/mol. The molecule has 1 aromatic carbocycles. The van der Waals surface area contributed by atoms with Crippen molar-refractivity contribution in [3.63, 3.8) is 0 Å². The molecule has 0 aromatic heterocycles. The Morgan fingerprint density at radius 2 is 2.21 bits per heavy atom. The van der Waals surface area contributed by atoms with Gasteiger partial charge in [-0.05, 0) is 12.5 Å². The van der Waals surface area contributed by atoms with Crippen LogP contribution in [0.15, 0.2) is 36.9 Å². The summed E-state index contributed by atoms with van der Waals surface area (Å²) in [6.45, 7) is 3.47. The fourth-order valence-corrected chi connectivity index (χ4v) is 1.22. The molecule has 0 aliphatic heterocycles. The van der Waals surface area contributed by atoms with Crippen molar-refractivity contribution in [3.8, 4) is 0 Å². The first kappa shape index (κ1) is 10.4. The maximum atomic E-state index is 10.6. The third kappa shape index (κ3) is 2.17. The van der Waals surface area contributed by atoms with Crippen LogP contribution >= 0.6 is 0 Å². The molecular formula is C10H11NO3. The van der Waals surface area contributed by atoms with Crippen LogP contribution < -0.4 is 0 Å². The molecule has 1 N–H and O–H groups in total. The van der Waals surface area contributed by atoms with E-state index >= 15 is 0 Å². The second-order valence-corrected chi connectivity index (χ2v) is 2.86. The quantitative estimate of drug-likeness (QED) is 0.453. The van der Waals surface area contributed by atoms with Gasteiger partial charge in [0, 0.05) is 6.07 Å². The molecule has 0 fully saturated rings. The highest BCUT2D eigenvalue weighted by Gasteiger charge is 2.17. The van der Waals surface area contributed by atoms with Crippen LogP contribution in [0.3, 0.4) is 0 Å². The summed E-state index contributed by atoms with van der Waals surface area (Å²) in [5.41, 5.74) is 0.277. The second-order valence-electron chi connectivity index (χ2n) is 2.86. The third-order valence-corrected chi connectivity index (χ3v) is 1.88. The number of para-hydroxylation sites is 1. The lowest BCUT2D eigenvalue weighted by Crippen LogP contribution is -2.01. The minimum Gasteiger partial charge on any atom is -0.388 e. The highest BCUT2D eigenvalue weighted by molar-refractivity contribution is 5.41. The van der Waals surface area contributed by atoms with Gasteiger partial charge >= 0.3 is 0 Å². The zero-order valence-electron chi connectivity index (χ0n) is 7.59. The predicted octanol–water partition coefficient (Wildman–Crippen LogP) is 2.20. The van der Waals surface area contributed by atoms with Crippen LogP contribution in [0, 0.1) is 10.1 Å². The summed E-state index contributed by atoms with van der Waals surface area (Å²) in [4.78, 5) is 10.1. The molecule has 0 aliphatic rings. The molecule has 1 unspecified atom stereocenters. The highest BCUT2D eigenvalue weighted by Crippen LogP contribution is 2.26. The molecule has 1 aromatic rings. The zero-order chi connectivity index (χ0) is 10.6. The van der Waals surface area contributed by atoms with Crippen LogP contribution in [0.2, 0.25) is 0 Å². The third-order valence-electron chi connectivity index (χ3n) is 1.88. The average Bonchev–Trinajstić information content (AvgIpc) is 2.18. The lowest BCUT2D eigenvalue weighted by molar-refractivity contribution is -0.386. The first-order valence-corrected chi connectivity index (χ1v) is 4.19. The Labute approximate surface area is 81.6 Å². The van der Waals surface area contributed by atoms with E-state index in [1.54, 1.807) is 18.2 Å². The first-order chi connectivity index (χ1) is 6.66. The van der Waals surface area contributed by atoms with E-state index in [0.717, 1.165) is 0 Å². The minimum absolute atomic E-state index is 0.0538. The number of nitrogens with zero attached hydrogens (tertiary/aromatic N) is 1. The number of nitro benzene ring substituents is 1. The van der Waals surface area contributed by atoms with Gasteiger partial charge in [0.05, 0.1) is 16.6 Å². The number of nitro groups is 1. The minimum atomic E-state index is -0.853. The number of rotatable bonds is 4. The van der Waals surface area contributed by atoms with Crippen LogP contribution in [0.1, 0.15) is 18.1 Å². The van der Waals surface area contributed by atoms with Gasteiger partial charge in [-0.15, -0.1) is 6.58 Å². The van der Waals surface area contributed by atoms with E-state index in [2.05, 4.69) is 6.58 Å². The van der Waals surface area contributed by atoms with Gasteiger partial charge in [0.2, 0.25) is 0 Å². The molecule has 0 radical (unpaired) electrons. The van der Waals surface area contributed by atoms with Gasteiger partial charge < -0.3 is 5.11 Å². The molecule has 0 heterocycles. The maximum Gasteiger partial charge on any atom is 0.275 e. The van der Waals surface area contributed by atoms with E-state index in [4.69, 9.17) is 0 Å². The van der Waals surface area contributed by atoms with Crippen molar-refractivity contribution < 1.29 is 10.0 Å². The van der Waals surface area contributed by atoms with E-state index in [-0.39, 0.29) is 5.69 Å². The summed E-state index contributed by atoms with van der Waals surface area (Å²) in [5, 5.41) is 20.2. The van der Waals surface area contributed by atoms with Crippen molar-refractivity contribution >= 4 is 5.69 Å². The number of hydrogen-bond acceptors (Lipinski definition) is 3. The van der Waals surface area contributed by atoms with E-state index in [0.29, 0.717) is 12.0 Å². The molecule has 0 saturated carbocycles. The fourth-order valence-electron chi connectivity index (χ4n) is 1.22. The standard InChI is InChI=1S/C10H11NO3/c1-2-5-10(12)8-6-3-4-7-9(8)11(13)14/h2-4,6-7,10,12H,1,5H2. The van der Waals surface area contributed by atoms with Crippen molar-refractivity contribution in [1.82, 2.24) is 0 Å². The normalized spacial score (nSPS) is 12.1. The van der Waals surface area contributed by atoms with Crippen LogP contribution in [0.4, 0.5) is 5.69 Å². The Hall–Kier alpha value is -1.68. The summed E-state index contributed by atoms with van der Waals surface area (Å²) >= 11 is 0. The van der Waals surface area contributed by atoms with E-state index in [1.165, 1.54) is 12.1 Å². The molecule has 4 heteroatoms. The van der Waals surface area contributed by atoms with Crippen molar-refractivity contribution in [2.24, 2.45) is 0 Å². The Balaban J connectivity index is 3.06. The Bertz CT molecular complexity index is 349. The smallest absolute Gasteiger partial charge is 0.275 e. The van der Waals surface area contributed by atoms with E-state index in [9.17, 15) is 15.2 Å². The van der Waals surface area contributed by atoms with Crippen molar-refractivity contribution in [2.75, 3.05) is 0 Å². The molecule has 74 valence electrons. The molecule has 4 nitrogen and oxygen atoms in total. The predicted molar refractivity (Wildman–Crippen MR) is 52.9 cm³/mol. The zero-order valence-corrected chi connectivity index (χ0v) is 7.59. The van der Waals surface area contributed by atoms with Gasteiger partial charge in [-0.1, -0.05) is 18.2 Å². The van der Waals surface area contributed by atoms with Gasteiger partial charge in [-0.3, -0.25) is 10.1 Å². The summed E-state index contributed by atoms with van der Waals surface area (Å²) in [7, 11) is 0. The Morgan fingerprint density at radius 3 is 2.79 bits per heavy atom. The first-order valence-electron chi connectivity index (χ1n) is 4.19. The van der Waals surface area contributed by atoms with Gasteiger partial charge in [0.25, 0.3) is 5.69 Å². The van der Waals surface area contributed by atoms with Crippen molar-refractivity contribution in [2.45, 2.75) is 12.5 Å². The summed E-state index contributed by atoms with van der Waals surface area (Å²) < 4.78 is 0. The van der Waals surface area contributed by atoms with Gasteiger partial charge in [-0.2, -0.15) is 0 Å². The van der Waals surface area contributed by atoms with Crippen molar-refractivity contribution in [3.05, 3.63) is 52.6 Å². The summed E-state index contributed by atoms with van der Waals surface area (Å²) in [6.07, 6.45) is 0.987. The Kier molecular flexibility index (Phi) is 3.36. The van der Waals surface area contributed by atoms with Gasteiger partial charge in [-0.25, -0.2) is 0 Å². The molecule has 0 saturated heterocycles. The molecule has 0 spiro atoms. The van der Waals surface area contributed by atoms with E-state index < -0.39 is 11.0 Å². The van der Waals surface area contributed by atoms with E-state index in [1.807, 2.05) is 0 Å². The molecule has 1 atom stereocenters. The maximum absolute atomic E-state index is 10.6. The van der Waals surface area contributed by atoms with Crippen LogP contribution in [-0.4, -0.2) is 10.0 Å². The average molecular weight is 193 g/mol. The Morgan fingerprint density at radius 1 is 1.57 bits per heavy atom. The van der Waals surface area contributed by atoms with Gasteiger partial charge in [0.1, 0.15) is 0 Å². The number of aliphatic hydroxyl groups is 1. The number of benzene rings is 1. The fraction of sp³-hybridized carbons (Fsp3) is 0.200. The lowest BCUT2D eigenvalue weighted by Gasteiger charge is -2.07. The summed E-state index contributed by atoms with van der Waals surface area (Å²) in [5.74, 6) is 0. The monoisotopic (exact) mass is 193 g/mol. The second kappa shape index (κ2) is 4.53. The molecule has 0 bridgehead atoms. The topological polar surface area (TPSA) is 63.4 Å². The summed E-state index contributed by atoms with van der Waals surface area (Å²) in [6, 6.07) is 6.16. The van der Waals surface area contributed by atoms with Crippen LogP contribution in [0.5, 0.6) is 0 Å². The highest BCUT2D eigenvalue weighted by atomic mass is 16.6.